The van der Waals surface area contributed by atoms with Gasteiger partial charge in [-0.1, -0.05) is 72.3 Å². The minimum absolute atomic E-state index is 0.0968. The number of esters is 1. The Morgan fingerprint density at radius 2 is 1.88 bits per heavy atom. The van der Waals surface area contributed by atoms with Crippen molar-refractivity contribution in [1.82, 2.24) is 4.90 Å². The van der Waals surface area contributed by atoms with E-state index in [9.17, 15) is 9.59 Å². The lowest BCUT2D eigenvalue weighted by Gasteiger charge is -2.14. The van der Waals surface area contributed by atoms with E-state index < -0.39 is 0 Å². The molecule has 3 rings (SSSR count). The van der Waals surface area contributed by atoms with E-state index in [-0.39, 0.29) is 11.9 Å². The molecular formula is C24H24ClNO4S2. The van der Waals surface area contributed by atoms with Crippen molar-refractivity contribution in [3.63, 3.8) is 0 Å². The molecule has 0 bridgehead atoms. The number of hydrogen-bond donors (Lipinski definition) is 0. The molecule has 1 fully saturated rings. The highest BCUT2D eigenvalue weighted by Gasteiger charge is 2.31. The third-order valence-corrected chi connectivity index (χ3v) is 6.51. The molecule has 2 aromatic rings. The van der Waals surface area contributed by atoms with Gasteiger partial charge in [0.15, 0.2) is 0 Å². The van der Waals surface area contributed by atoms with Crippen LogP contribution in [0.3, 0.4) is 0 Å². The van der Waals surface area contributed by atoms with Gasteiger partial charge in [-0.25, -0.2) is 0 Å². The third-order valence-electron chi connectivity index (χ3n) is 4.88. The second-order valence-corrected chi connectivity index (χ2v) is 9.29. The molecule has 8 heteroatoms. The van der Waals surface area contributed by atoms with Crippen molar-refractivity contribution in [2.75, 3.05) is 13.7 Å². The van der Waals surface area contributed by atoms with Crippen LogP contribution in [0.25, 0.3) is 6.08 Å². The maximum Gasteiger partial charge on any atom is 0.305 e. The number of para-hydroxylation sites is 1. The molecule has 0 aliphatic carbocycles. The third kappa shape index (κ3) is 6.82. The first-order valence-corrected chi connectivity index (χ1v) is 11.9. The highest BCUT2D eigenvalue weighted by molar-refractivity contribution is 8.26. The first-order valence-electron chi connectivity index (χ1n) is 10.3. The number of benzene rings is 2. The fraction of sp³-hybridized carbons (Fsp3) is 0.292. The van der Waals surface area contributed by atoms with E-state index in [1.165, 1.54) is 18.9 Å². The van der Waals surface area contributed by atoms with E-state index in [1.807, 2.05) is 54.6 Å². The summed E-state index contributed by atoms with van der Waals surface area (Å²) in [6.45, 7) is 0.937. The number of thioether (sulfide) groups is 1. The van der Waals surface area contributed by atoms with Crippen LogP contribution in [0.1, 0.15) is 36.8 Å². The fourth-order valence-electron chi connectivity index (χ4n) is 3.13. The molecule has 168 valence electrons. The molecule has 0 saturated carbocycles. The number of carbonyl (C=O) groups excluding carboxylic acids is 2. The van der Waals surface area contributed by atoms with Crippen LogP contribution in [0, 0.1) is 0 Å². The zero-order valence-electron chi connectivity index (χ0n) is 17.7. The Labute approximate surface area is 202 Å². The summed E-state index contributed by atoms with van der Waals surface area (Å²) in [5.41, 5.74) is 1.82. The van der Waals surface area contributed by atoms with E-state index in [4.69, 9.17) is 28.6 Å². The molecule has 0 spiro atoms. The maximum atomic E-state index is 12.9. The summed E-state index contributed by atoms with van der Waals surface area (Å²) in [7, 11) is 1.38. The number of ether oxygens (including phenoxy) is 2. The number of halogens is 1. The van der Waals surface area contributed by atoms with Crippen molar-refractivity contribution in [3.05, 3.63) is 69.6 Å². The van der Waals surface area contributed by atoms with Gasteiger partial charge >= 0.3 is 5.97 Å². The number of unbranched alkanes of at least 4 members (excludes halogenated alkanes) is 2. The highest BCUT2D eigenvalue weighted by atomic mass is 35.5. The van der Waals surface area contributed by atoms with E-state index in [0.717, 1.165) is 30.4 Å². The molecule has 0 aromatic heterocycles. The lowest BCUT2D eigenvalue weighted by molar-refractivity contribution is -0.140. The predicted octanol–water partition coefficient (Wildman–Crippen LogP) is 5.85. The molecule has 1 aliphatic rings. The van der Waals surface area contributed by atoms with E-state index >= 15 is 0 Å². The molecule has 2 aromatic carbocycles. The quantitative estimate of drug-likeness (QED) is 0.180. The molecule has 0 N–H and O–H groups in total. The lowest BCUT2D eigenvalue weighted by atomic mass is 10.1. The number of methoxy groups -OCH3 is 1. The van der Waals surface area contributed by atoms with Crippen molar-refractivity contribution >= 4 is 57.9 Å². The molecule has 1 heterocycles. The summed E-state index contributed by atoms with van der Waals surface area (Å²) in [4.78, 5) is 26.3. The summed E-state index contributed by atoms with van der Waals surface area (Å²) >= 11 is 12.7. The molecule has 1 amide bonds. The van der Waals surface area contributed by atoms with Crippen LogP contribution in [-0.2, 0) is 20.9 Å². The van der Waals surface area contributed by atoms with Crippen molar-refractivity contribution < 1.29 is 19.1 Å². The summed E-state index contributed by atoms with van der Waals surface area (Å²) in [5.74, 6) is 0.381. The van der Waals surface area contributed by atoms with E-state index in [1.54, 1.807) is 4.90 Å². The van der Waals surface area contributed by atoms with Crippen molar-refractivity contribution in [2.45, 2.75) is 32.3 Å². The molecule has 0 radical (unpaired) electrons. The molecule has 32 heavy (non-hydrogen) atoms. The van der Waals surface area contributed by atoms with Gasteiger partial charge in [0.25, 0.3) is 5.91 Å². The van der Waals surface area contributed by atoms with Crippen LogP contribution < -0.4 is 4.74 Å². The van der Waals surface area contributed by atoms with Crippen LogP contribution in [-0.4, -0.2) is 34.8 Å². The Morgan fingerprint density at radius 3 is 2.62 bits per heavy atom. The van der Waals surface area contributed by atoms with Crippen molar-refractivity contribution in [2.24, 2.45) is 0 Å². The molecule has 0 atom stereocenters. The Kier molecular flexibility index (Phi) is 9.14. The van der Waals surface area contributed by atoms with Crippen molar-refractivity contribution in [1.29, 1.82) is 0 Å². The number of rotatable bonds is 10. The number of amides is 1. The van der Waals surface area contributed by atoms with Crippen molar-refractivity contribution in [3.8, 4) is 5.75 Å². The van der Waals surface area contributed by atoms with Gasteiger partial charge in [0.2, 0.25) is 0 Å². The van der Waals surface area contributed by atoms with Gasteiger partial charge in [-0.05, 0) is 42.7 Å². The average Bonchev–Trinajstić information content (AvgIpc) is 3.06. The van der Waals surface area contributed by atoms with Crippen LogP contribution in [0.4, 0.5) is 0 Å². The average molecular weight is 490 g/mol. The summed E-state index contributed by atoms with van der Waals surface area (Å²) in [5, 5.41) is 0.680. The van der Waals surface area contributed by atoms with Crippen LogP contribution in [0.5, 0.6) is 5.75 Å². The molecule has 1 saturated heterocycles. The minimum atomic E-state index is -0.213. The largest absolute Gasteiger partial charge is 0.488 e. The summed E-state index contributed by atoms with van der Waals surface area (Å²) in [6.07, 6.45) is 4.55. The molecular weight excluding hydrogens is 466 g/mol. The zero-order chi connectivity index (χ0) is 22.9. The standard InChI is InChI=1S/C24H24ClNO4S2/c1-29-22(27)9-3-2-6-14-26-23(28)21(32-24(26)31)15-18-7-4-5-8-20(18)30-16-17-10-12-19(25)13-11-17/h4-5,7-8,10-13,15H,2-3,6,9,14,16H2,1H3/b21-15+. The van der Waals surface area contributed by atoms with Gasteiger partial charge in [0.1, 0.15) is 16.7 Å². The number of thiocarbonyl (C=S) groups is 1. The molecule has 0 unspecified atom stereocenters. The number of hydrogen-bond acceptors (Lipinski definition) is 6. The number of nitrogens with zero attached hydrogens (tertiary/aromatic N) is 1. The second kappa shape index (κ2) is 12.0. The summed E-state index contributed by atoms with van der Waals surface area (Å²) in [6, 6.07) is 15.1. The lowest BCUT2D eigenvalue weighted by Crippen LogP contribution is -2.29. The van der Waals surface area contributed by atoms with Gasteiger partial charge in [-0.2, -0.15) is 0 Å². The molecule has 5 nitrogen and oxygen atoms in total. The number of carbonyl (C=O) groups is 2. The van der Waals surface area contributed by atoms with Gasteiger partial charge in [0.05, 0.1) is 12.0 Å². The second-order valence-electron chi connectivity index (χ2n) is 7.17. The van der Waals surface area contributed by atoms with Gasteiger partial charge in [-0.3, -0.25) is 14.5 Å². The fourth-order valence-corrected chi connectivity index (χ4v) is 4.55. The Morgan fingerprint density at radius 1 is 1.12 bits per heavy atom. The topological polar surface area (TPSA) is 55.8 Å². The van der Waals surface area contributed by atoms with Gasteiger partial charge < -0.3 is 9.47 Å². The Hall–Kier alpha value is -2.35. The highest BCUT2D eigenvalue weighted by Crippen LogP contribution is 2.34. The first-order chi connectivity index (χ1) is 15.5. The predicted molar refractivity (Wildman–Crippen MR) is 133 cm³/mol. The zero-order valence-corrected chi connectivity index (χ0v) is 20.1. The van der Waals surface area contributed by atoms with E-state index in [2.05, 4.69) is 4.74 Å². The smallest absolute Gasteiger partial charge is 0.305 e. The Bertz CT molecular complexity index is 1010. The monoisotopic (exact) mass is 489 g/mol. The van der Waals surface area contributed by atoms with E-state index in [0.29, 0.717) is 39.6 Å². The van der Waals surface area contributed by atoms with Crippen LogP contribution in [0.15, 0.2) is 53.4 Å². The minimum Gasteiger partial charge on any atom is -0.488 e. The SMILES string of the molecule is COC(=O)CCCCCN1C(=O)/C(=C\c2ccccc2OCc2ccc(Cl)cc2)SC1=S. The van der Waals surface area contributed by atoms with Gasteiger partial charge in [-0.15, -0.1) is 0 Å². The summed E-state index contributed by atoms with van der Waals surface area (Å²) < 4.78 is 11.2. The Balaban J connectivity index is 1.60. The maximum absolute atomic E-state index is 12.9. The van der Waals surface area contributed by atoms with Gasteiger partial charge in [0, 0.05) is 23.6 Å². The van der Waals surface area contributed by atoms with Crippen LogP contribution in [0.2, 0.25) is 5.02 Å². The first kappa shape index (κ1) is 24.3. The molecule has 1 aliphatic heterocycles. The normalized spacial score (nSPS) is 14.8. The van der Waals surface area contributed by atoms with Crippen LogP contribution >= 0.6 is 35.6 Å².